The number of ether oxygens (including phenoxy) is 4. The fraction of sp³-hybridized carbons (Fsp3) is 0.296. The predicted octanol–water partition coefficient (Wildman–Crippen LogP) is 3.06. The zero-order chi connectivity index (χ0) is 27.1. The smallest absolute Gasteiger partial charge is 0.340 e. The van der Waals surface area contributed by atoms with Gasteiger partial charge in [-0.2, -0.15) is 0 Å². The standard InChI is InChI=1S/C27H29N3O8/c1-34-19-8-6-18(7-9-19)29-10-12-30(13-11-29)25(31)17-38-27(33)20-15-23(35-2)24(36-3)16-21(20)28-26(32)22-5-4-14-37-22/h4-9,14-16H,10-13,17H2,1-3H3,(H,28,32). The molecule has 1 saturated heterocycles. The third kappa shape index (κ3) is 6.00. The molecule has 2 heterocycles. The Kier molecular flexibility index (Phi) is 8.37. The van der Waals surface area contributed by atoms with Crippen molar-refractivity contribution in [1.29, 1.82) is 0 Å². The molecule has 38 heavy (non-hydrogen) atoms. The highest BCUT2D eigenvalue weighted by molar-refractivity contribution is 6.07. The zero-order valence-electron chi connectivity index (χ0n) is 21.4. The van der Waals surface area contributed by atoms with Gasteiger partial charge in [-0.15, -0.1) is 0 Å². The van der Waals surface area contributed by atoms with Crippen molar-refractivity contribution in [2.45, 2.75) is 0 Å². The van der Waals surface area contributed by atoms with Gasteiger partial charge in [-0.25, -0.2) is 4.79 Å². The maximum Gasteiger partial charge on any atom is 0.340 e. The van der Waals surface area contributed by atoms with Crippen molar-refractivity contribution in [2.24, 2.45) is 0 Å². The maximum atomic E-state index is 13.0. The molecule has 11 nitrogen and oxygen atoms in total. The Labute approximate surface area is 219 Å². The minimum atomic E-state index is -0.800. The van der Waals surface area contributed by atoms with Crippen LogP contribution in [0.4, 0.5) is 11.4 Å². The summed E-state index contributed by atoms with van der Waals surface area (Å²) in [5, 5.41) is 2.62. The predicted molar refractivity (Wildman–Crippen MR) is 138 cm³/mol. The summed E-state index contributed by atoms with van der Waals surface area (Å²) in [6.45, 7) is 1.82. The van der Waals surface area contributed by atoms with E-state index < -0.39 is 18.5 Å². The van der Waals surface area contributed by atoms with Crippen LogP contribution in [0.15, 0.2) is 59.2 Å². The number of nitrogens with zero attached hydrogens (tertiary/aromatic N) is 2. The van der Waals surface area contributed by atoms with E-state index in [1.54, 1.807) is 18.1 Å². The van der Waals surface area contributed by atoms with Gasteiger partial charge in [-0.05, 0) is 36.4 Å². The van der Waals surface area contributed by atoms with E-state index in [-0.39, 0.29) is 28.7 Å². The van der Waals surface area contributed by atoms with Gasteiger partial charge in [0, 0.05) is 44.0 Å². The first-order chi connectivity index (χ1) is 18.4. The molecule has 1 aliphatic rings. The van der Waals surface area contributed by atoms with Crippen molar-refractivity contribution in [1.82, 2.24) is 4.90 Å². The van der Waals surface area contributed by atoms with Crippen LogP contribution in [0, 0.1) is 0 Å². The monoisotopic (exact) mass is 523 g/mol. The molecule has 0 saturated carbocycles. The van der Waals surface area contributed by atoms with Crippen LogP contribution in [0.5, 0.6) is 17.2 Å². The summed E-state index contributed by atoms with van der Waals surface area (Å²) in [6.07, 6.45) is 1.36. The number of carbonyl (C=O) groups excluding carboxylic acids is 3. The molecule has 0 atom stereocenters. The lowest BCUT2D eigenvalue weighted by molar-refractivity contribution is -0.134. The van der Waals surface area contributed by atoms with Gasteiger partial charge in [-0.3, -0.25) is 9.59 Å². The SMILES string of the molecule is COc1ccc(N2CCN(C(=O)COC(=O)c3cc(OC)c(OC)cc3NC(=O)c3ccco3)CC2)cc1. The maximum absolute atomic E-state index is 13.0. The Morgan fingerprint density at radius 1 is 0.895 bits per heavy atom. The van der Waals surface area contributed by atoms with Crippen LogP contribution >= 0.6 is 0 Å². The van der Waals surface area contributed by atoms with Crippen LogP contribution in [-0.4, -0.2) is 76.8 Å². The Morgan fingerprint density at radius 3 is 2.18 bits per heavy atom. The highest BCUT2D eigenvalue weighted by Gasteiger charge is 2.25. The summed E-state index contributed by atoms with van der Waals surface area (Å²) >= 11 is 0. The van der Waals surface area contributed by atoms with Crippen LogP contribution in [0.3, 0.4) is 0 Å². The molecular weight excluding hydrogens is 494 g/mol. The quantitative estimate of drug-likeness (QED) is 0.422. The minimum absolute atomic E-state index is 0.000295. The first-order valence-electron chi connectivity index (χ1n) is 11.9. The molecule has 0 aliphatic carbocycles. The lowest BCUT2D eigenvalue weighted by Crippen LogP contribution is -2.49. The van der Waals surface area contributed by atoms with Crippen LogP contribution in [0.25, 0.3) is 0 Å². The molecular formula is C27H29N3O8. The van der Waals surface area contributed by atoms with E-state index in [2.05, 4.69) is 10.2 Å². The number of nitrogens with one attached hydrogen (secondary N) is 1. The number of amides is 2. The van der Waals surface area contributed by atoms with Crippen molar-refractivity contribution in [3.63, 3.8) is 0 Å². The molecule has 1 aliphatic heterocycles. The molecule has 0 bridgehead atoms. The number of anilines is 2. The molecule has 0 spiro atoms. The van der Waals surface area contributed by atoms with Gasteiger partial charge in [0.25, 0.3) is 11.8 Å². The Hall–Kier alpha value is -4.67. The normalized spacial score (nSPS) is 13.0. The van der Waals surface area contributed by atoms with E-state index >= 15 is 0 Å². The van der Waals surface area contributed by atoms with E-state index in [1.807, 2.05) is 24.3 Å². The summed E-state index contributed by atoms with van der Waals surface area (Å²) in [7, 11) is 4.47. The van der Waals surface area contributed by atoms with Gasteiger partial charge in [0.2, 0.25) is 0 Å². The molecule has 1 aromatic heterocycles. The van der Waals surface area contributed by atoms with Gasteiger partial charge >= 0.3 is 5.97 Å². The van der Waals surface area contributed by atoms with Crippen LogP contribution in [0.1, 0.15) is 20.9 Å². The van der Waals surface area contributed by atoms with E-state index in [0.29, 0.717) is 31.9 Å². The molecule has 2 aromatic carbocycles. The lowest BCUT2D eigenvalue weighted by Gasteiger charge is -2.36. The number of furan rings is 1. The number of methoxy groups -OCH3 is 3. The second-order valence-corrected chi connectivity index (χ2v) is 8.33. The summed E-state index contributed by atoms with van der Waals surface area (Å²) in [4.78, 5) is 42.1. The van der Waals surface area contributed by atoms with Crippen molar-refractivity contribution < 1.29 is 37.7 Å². The number of hydrogen-bond acceptors (Lipinski definition) is 9. The van der Waals surface area contributed by atoms with E-state index in [4.69, 9.17) is 23.4 Å². The Morgan fingerprint density at radius 2 is 1.58 bits per heavy atom. The summed E-state index contributed by atoms with van der Waals surface area (Å²) in [6, 6.07) is 13.6. The van der Waals surface area contributed by atoms with Crippen molar-refractivity contribution in [3.8, 4) is 17.2 Å². The first-order valence-corrected chi connectivity index (χ1v) is 11.9. The Bertz CT molecular complexity index is 1270. The number of piperazine rings is 1. The topological polar surface area (TPSA) is 120 Å². The van der Waals surface area contributed by atoms with E-state index in [9.17, 15) is 14.4 Å². The van der Waals surface area contributed by atoms with Gasteiger partial charge < -0.3 is 38.5 Å². The van der Waals surface area contributed by atoms with Crippen molar-refractivity contribution in [2.75, 3.05) is 64.3 Å². The van der Waals surface area contributed by atoms with Crippen LogP contribution < -0.4 is 24.4 Å². The number of rotatable bonds is 9. The molecule has 1 fully saturated rings. The summed E-state index contributed by atoms with van der Waals surface area (Å²) < 4.78 is 26.2. The van der Waals surface area contributed by atoms with Crippen molar-refractivity contribution >= 4 is 29.2 Å². The number of carbonyl (C=O) groups is 3. The number of esters is 1. The first kappa shape index (κ1) is 26.4. The molecule has 4 rings (SSSR count). The van der Waals surface area contributed by atoms with Gasteiger partial charge in [0.05, 0.1) is 38.8 Å². The third-order valence-electron chi connectivity index (χ3n) is 6.13. The van der Waals surface area contributed by atoms with Gasteiger partial charge in [0.15, 0.2) is 23.9 Å². The van der Waals surface area contributed by atoms with Gasteiger partial charge in [0.1, 0.15) is 5.75 Å². The largest absolute Gasteiger partial charge is 0.497 e. The van der Waals surface area contributed by atoms with E-state index in [0.717, 1.165) is 11.4 Å². The van der Waals surface area contributed by atoms with E-state index in [1.165, 1.54) is 38.7 Å². The Balaban J connectivity index is 1.39. The summed E-state index contributed by atoms with van der Waals surface area (Å²) in [5.41, 5.74) is 1.16. The van der Waals surface area contributed by atoms with Crippen LogP contribution in [0.2, 0.25) is 0 Å². The molecule has 200 valence electrons. The molecule has 1 N–H and O–H groups in total. The number of benzene rings is 2. The average molecular weight is 524 g/mol. The average Bonchev–Trinajstić information content (AvgIpc) is 3.51. The fourth-order valence-electron chi connectivity index (χ4n) is 4.05. The zero-order valence-corrected chi connectivity index (χ0v) is 21.4. The summed E-state index contributed by atoms with van der Waals surface area (Å²) in [5.74, 6) is -0.283. The van der Waals surface area contributed by atoms with Crippen molar-refractivity contribution in [3.05, 3.63) is 66.1 Å². The number of hydrogen-bond donors (Lipinski definition) is 1. The van der Waals surface area contributed by atoms with Gasteiger partial charge in [-0.1, -0.05) is 0 Å². The second kappa shape index (κ2) is 12.0. The second-order valence-electron chi connectivity index (χ2n) is 8.33. The molecule has 2 amide bonds. The molecule has 0 radical (unpaired) electrons. The van der Waals surface area contributed by atoms with Crippen LogP contribution in [-0.2, 0) is 9.53 Å². The highest BCUT2D eigenvalue weighted by atomic mass is 16.5. The molecule has 0 unspecified atom stereocenters. The lowest BCUT2D eigenvalue weighted by atomic mass is 10.1. The molecule has 11 heteroatoms. The third-order valence-corrected chi connectivity index (χ3v) is 6.13. The minimum Gasteiger partial charge on any atom is -0.497 e. The molecule has 3 aromatic rings. The highest BCUT2D eigenvalue weighted by Crippen LogP contribution is 2.34. The fourth-order valence-corrected chi connectivity index (χ4v) is 4.05.